The summed E-state index contributed by atoms with van der Waals surface area (Å²) in [6.07, 6.45) is 2.60. The van der Waals surface area contributed by atoms with Gasteiger partial charge in [-0.25, -0.2) is 23.1 Å². The first-order valence-corrected chi connectivity index (χ1v) is 13.1. The van der Waals surface area contributed by atoms with Gasteiger partial charge in [0.1, 0.15) is 0 Å². The summed E-state index contributed by atoms with van der Waals surface area (Å²) in [5.74, 6) is -0.551. The van der Waals surface area contributed by atoms with E-state index in [1.807, 2.05) is 31.2 Å². The van der Waals surface area contributed by atoms with Crippen LogP contribution in [0.3, 0.4) is 0 Å². The van der Waals surface area contributed by atoms with E-state index in [4.69, 9.17) is 23.1 Å². The Morgan fingerprint density at radius 1 is 1.06 bits per heavy atom. The van der Waals surface area contributed by atoms with Crippen LogP contribution >= 0.6 is 11.6 Å². The Bertz CT molecular complexity index is 1090. The lowest BCUT2D eigenvalue weighted by molar-refractivity contribution is -0.889. The normalized spacial score (nSPS) is 12.0. The molecule has 0 radical (unpaired) electrons. The highest BCUT2D eigenvalue weighted by molar-refractivity contribution is 7.88. The van der Waals surface area contributed by atoms with Gasteiger partial charge in [0.25, 0.3) is 5.91 Å². The number of carbonyl (C=O) groups is 1. The molecule has 0 unspecified atom stereocenters. The molecule has 1 aromatic heterocycles. The van der Waals surface area contributed by atoms with Gasteiger partial charge >= 0.3 is 0 Å². The number of nitrogens with one attached hydrogen (secondary N) is 2. The molecule has 0 aliphatic carbocycles. The molecule has 0 aliphatic heterocycles. The molecule has 0 bridgehead atoms. The van der Waals surface area contributed by atoms with E-state index in [9.17, 15) is 13.2 Å². The number of benzene rings is 1. The van der Waals surface area contributed by atoms with Crippen molar-refractivity contribution in [2.45, 2.75) is 31.9 Å². The molecule has 6 N–H and O–H groups in total. The number of halogens is 1. The highest BCUT2D eigenvalue weighted by Crippen LogP contribution is 2.17. The largest absolute Gasteiger partial charge is 0.382 e. The summed E-state index contributed by atoms with van der Waals surface area (Å²) in [6, 6.07) is 7.51. The molecule has 2 aromatic rings. The summed E-state index contributed by atoms with van der Waals surface area (Å²) in [7, 11) is 0.803. The highest BCUT2D eigenvalue weighted by atomic mass is 35.5. The monoisotopic (exact) mass is 512 g/mol. The van der Waals surface area contributed by atoms with Crippen molar-refractivity contribution < 1.29 is 17.7 Å². The van der Waals surface area contributed by atoms with Gasteiger partial charge in [-0.3, -0.25) is 4.79 Å². The molecular weight excluding hydrogens is 478 g/mol. The zero-order valence-electron chi connectivity index (χ0n) is 20.0. The number of unbranched alkanes of at least 4 members (excludes halogenated alkanes) is 2. The summed E-state index contributed by atoms with van der Waals surface area (Å²) in [6.45, 7) is 4.38. The van der Waals surface area contributed by atoms with Crippen molar-refractivity contribution in [3.63, 3.8) is 0 Å². The summed E-state index contributed by atoms with van der Waals surface area (Å²) in [5, 5.41) is 2.72. The number of quaternary nitrogens is 1. The molecule has 1 amide bonds. The van der Waals surface area contributed by atoms with Crippen LogP contribution in [0.25, 0.3) is 0 Å². The standard InChI is InChI=1S/C22H34ClN7O3S/c1-16-8-7-9-17(14-16)15-34(32,33)27-10-5-4-6-12-30(2,3)13-11-26-22(31)18-20(24)29-21(25)19(23)28-18/h7-9,14,27H,4-6,10-13,15H2,1-3H3,(H4-,24,25,26,29,31)/p+1. The number of hydrogen-bond acceptors (Lipinski definition) is 7. The van der Waals surface area contributed by atoms with Crippen molar-refractivity contribution in [2.24, 2.45) is 0 Å². The predicted octanol–water partition coefficient (Wildman–Crippen LogP) is 1.70. The van der Waals surface area contributed by atoms with Crippen LogP contribution < -0.4 is 21.5 Å². The van der Waals surface area contributed by atoms with E-state index in [1.54, 1.807) is 0 Å². The number of anilines is 2. The molecule has 10 nitrogen and oxygen atoms in total. The van der Waals surface area contributed by atoms with Gasteiger partial charge in [-0.2, -0.15) is 0 Å². The number of aryl methyl sites for hydroxylation is 1. The van der Waals surface area contributed by atoms with Crippen LogP contribution in [0.1, 0.15) is 40.9 Å². The summed E-state index contributed by atoms with van der Waals surface area (Å²) < 4.78 is 27.9. The fourth-order valence-corrected chi connectivity index (χ4v) is 4.72. The molecular formula is C22H35ClN7O3S+. The average Bonchev–Trinajstić information content (AvgIpc) is 2.72. The van der Waals surface area contributed by atoms with Crippen LogP contribution in [0, 0.1) is 6.92 Å². The molecule has 34 heavy (non-hydrogen) atoms. The SMILES string of the molecule is Cc1cccc(CS(=O)(=O)NCCCCC[N+](C)(C)CCNC(=O)c2nc(Cl)c(N)nc2N)c1. The van der Waals surface area contributed by atoms with Crippen molar-refractivity contribution >= 4 is 39.2 Å². The van der Waals surface area contributed by atoms with Crippen molar-refractivity contribution in [3.05, 3.63) is 46.2 Å². The van der Waals surface area contributed by atoms with E-state index in [0.717, 1.165) is 36.9 Å². The van der Waals surface area contributed by atoms with E-state index in [-0.39, 0.29) is 28.2 Å². The number of nitrogen functional groups attached to an aromatic ring is 2. The summed E-state index contributed by atoms with van der Waals surface area (Å²) in [4.78, 5) is 20.0. The molecule has 1 heterocycles. The first-order chi connectivity index (χ1) is 15.9. The van der Waals surface area contributed by atoms with Crippen LogP contribution in [-0.4, -0.2) is 69.1 Å². The zero-order valence-corrected chi connectivity index (χ0v) is 21.5. The van der Waals surface area contributed by atoms with E-state index in [0.29, 0.717) is 24.1 Å². The number of carbonyl (C=O) groups excluding carboxylic acids is 1. The smallest absolute Gasteiger partial charge is 0.273 e. The Kier molecular flexibility index (Phi) is 10.0. The van der Waals surface area contributed by atoms with Gasteiger partial charge in [-0.1, -0.05) is 41.4 Å². The first kappa shape index (κ1) is 27.8. The van der Waals surface area contributed by atoms with Gasteiger partial charge in [0, 0.05) is 6.54 Å². The number of rotatable bonds is 13. The molecule has 0 saturated carbocycles. The Labute approximate surface area is 206 Å². The van der Waals surface area contributed by atoms with Gasteiger partial charge in [0.2, 0.25) is 10.0 Å². The summed E-state index contributed by atoms with van der Waals surface area (Å²) >= 11 is 5.82. The third kappa shape index (κ3) is 9.41. The Balaban J connectivity index is 1.65. The number of likely N-dealkylation sites (N-methyl/N-ethyl adjacent to an activating group) is 1. The van der Waals surface area contributed by atoms with Gasteiger partial charge in [-0.15, -0.1) is 0 Å². The number of sulfonamides is 1. The Morgan fingerprint density at radius 3 is 2.50 bits per heavy atom. The Hall–Kier alpha value is -2.47. The number of aromatic nitrogens is 2. The molecule has 0 spiro atoms. The molecule has 2 rings (SSSR count). The van der Waals surface area contributed by atoms with Crippen LogP contribution in [0.5, 0.6) is 0 Å². The maximum absolute atomic E-state index is 12.3. The molecule has 0 saturated heterocycles. The molecule has 0 fully saturated rings. The van der Waals surface area contributed by atoms with Crippen LogP contribution in [0.4, 0.5) is 11.6 Å². The lowest BCUT2D eigenvalue weighted by Gasteiger charge is -2.30. The molecule has 0 aliphatic rings. The topological polar surface area (TPSA) is 153 Å². The third-order valence-electron chi connectivity index (χ3n) is 5.32. The van der Waals surface area contributed by atoms with E-state index in [2.05, 4.69) is 34.1 Å². The van der Waals surface area contributed by atoms with Crippen LogP contribution in [-0.2, 0) is 15.8 Å². The minimum absolute atomic E-state index is 0.00980. The fraction of sp³-hybridized carbons (Fsp3) is 0.500. The third-order valence-corrected chi connectivity index (χ3v) is 6.96. The highest BCUT2D eigenvalue weighted by Gasteiger charge is 2.19. The van der Waals surface area contributed by atoms with Gasteiger partial charge < -0.3 is 21.3 Å². The molecule has 0 atom stereocenters. The minimum atomic E-state index is -3.35. The van der Waals surface area contributed by atoms with Crippen molar-refractivity contribution in [2.75, 3.05) is 51.7 Å². The first-order valence-electron chi connectivity index (χ1n) is 11.1. The van der Waals surface area contributed by atoms with Gasteiger partial charge in [-0.05, 0) is 31.7 Å². The predicted molar refractivity (Wildman–Crippen MR) is 136 cm³/mol. The Morgan fingerprint density at radius 2 is 1.79 bits per heavy atom. The average molecular weight is 513 g/mol. The summed E-state index contributed by atoms with van der Waals surface area (Å²) in [5.41, 5.74) is 13.0. The second-order valence-electron chi connectivity index (χ2n) is 8.98. The van der Waals surface area contributed by atoms with E-state index in [1.165, 1.54) is 0 Å². The van der Waals surface area contributed by atoms with Crippen molar-refractivity contribution in [3.8, 4) is 0 Å². The number of nitrogens with two attached hydrogens (primary N) is 2. The quantitative estimate of drug-likeness (QED) is 0.235. The minimum Gasteiger partial charge on any atom is -0.382 e. The van der Waals surface area contributed by atoms with E-state index < -0.39 is 15.9 Å². The maximum atomic E-state index is 12.3. The second-order valence-corrected chi connectivity index (χ2v) is 11.1. The lowest BCUT2D eigenvalue weighted by atomic mass is 10.2. The zero-order chi connectivity index (χ0) is 25.4. The molecule has 1 aromatic carbocycles. The van der Waals surface area contributed by atoms with Crippen LogP contribution in [0.2, 0.25) is 5.15 Å². The lowest BCUT2D eigenvalue weighted by Crippen LogP contribution is -2.46. The fourth-order valence-electron chi connectivity index (χ4n) is 3.42. The second kappa shape index (κ2) is 12.3. The molecule has 188 valence electrons. The number of nitrogens with zero attached hydrogens (tertiary/aromatic N) is 3. The van der Waals surface area contributed by atoms with Crippen molar-refractivity contribution in [1.29, 1.82) is 0 Å². The number of hydrogen-bond donors (Lipinski definition) is 4. The van der Waals surface area contributed by atoms with Gasteiger partial charge in [0.15, 0.2) is 22.5 Å². The van der Waals surface area contributed by atoms with Crippen molar-refractivity contribution in [1.82, 2.24) is 20.0 Å². The number of amides is 1. The van der Waals surface area contributed by atoms with Gasteiger partial charge in [0.05, 0.1) is 39.5 Å². The van der Waals surface area contributed by atoms with Crippen LogP contribution in [0.15, 0.2) is 24.3 Å². The van der Waals surface area contributed by atoms with E-state index >= 15 is 0 Å². The maximum Gasteiger partial charge on any atom is 0.273 e. The molecule has 12 heteroatoms.